The maximum Gasteiger partial charge on any atom is 0.0791 e. The van der Waals surface area contributed by atoms with Gasteiger partial charge in [0.2, 0.25) is 0 Å². The quantitative estimate of drug-likeness (QED) is 0.685. The van der Waals surface area contributed by atoms with Crippen LogP contribution in [-0.4, -0.2) is 48.8 Å². The van der Waals surface area contributed by atoms with Gasteiger partial charge >= 0.3 is 0 Å². The fraction of sp³-hybridized carbons (Fsp3) is 1.00. The van der Waals surface area contributed by atoms with Crippen LogP contribution in [-0.2, 0) is 0 Å². The predicted molar refractivity (Wildman–Crippen MR) is 75.3 cm³/mol. The summed E-state index contributed by atoms with van der Waals surface area (Å²) in [7, 11) is 0. The summed E-state index contributed by atoms with van der Waals surface area (Å²) in [5, 5.41) is 13.3. The third kappa shape index (κ3) is 7.74. The minimum absolute atomic E-state index is 0.262. The largest absolute Gasteiger partial charge is 0.390 e. The Hall–Kier alpha value is -0.120. The molecule has 0 aliphatic rings. The Morgan fingerprint density at radius 1 is 1.12 bits per heavy atom. The molecule has 104 valence electrons. The van der Waals surface area contributed by atoms with Gasteiger partial charge in [0.15, 0.2) is 0 Å². The van der Waals surface area contributed by atoms with Crippen molar-refractivity contribution in [2.75, 3.05) is 32.7 Å². The highest BCUT2D eigenvalue weighted by molar-refractivity contribution is 4.73. The van der Waals surface area contributed by atoms with Crippen LogP contribution in [0.2, 0.25) is 0 Å². The molecule has 2 unspecified atom stereocenters. The molecule has 0 aliphatic heterocycles. The fourth-order valence-electron chi connectivity index (χ4n) is 1.62. The molecule has 0 amide bonds. The van der Waals surface area contributed by atoms with Crippen LogP contribution < -0.4 is 5.32 Å². The fourth-order valence-corrected chi connectivity index (χ4v) is 1.62. The molecular weight excluding hydrogens is 212 g/mol. The van der Waals surface area contributed by atoms with Crippen molar-refractivity contribution in [2.45, 2.75) is 47.6 Å². The molecule has 0 aromatic carbocycles. The number of hydrogen-bond donors (Lipinski definition) is 2. The molecule has 0 rings (SSSR count). The zero-order valence-electron chi connectivity index (χ0n) is 12.6. The van der Waals surface area contributed by atoms with Gasteiger partial charge < -0.3 is 15.3 Å². The Kier molecular flexibility index (Phi) is 8.01. The smallest absolute Gasteiger partial charge is 0.0791 e. The summed E-state index contributed by atoms with van der Waals surface area (Å²) < 4.78 is 0. The van der Waals surface area contributed by atoms with E-state index in [9.17, 15) is 5.11 Å². The van der Waals surface area contributed by atoms with Gasteiger partial charge in [-0.25, -0.2) is 0 Å². The van der Waals surface area contributed by atoms with Crippen molar-refractivity contribution in [1.29, 1.82) is 0 Å². The molecule has 0 bridgehead atoms. The first-order valence-corrected chi connectivity index (χ1v) is 6.92. The average Bonchev–Trinajstić information content (AvgIpc) is 2.24. The average molecular weight is 244 g/mol. The number of rotatable bonds is 8. The highest BCUT2D eigenvalue weighted by atomic mass is 16.3. The lowest BCUT2D eigenvalue weighted by atomic mass is 9.82. The van der Waals surface area contributed by atoms with Crippen LogP contribution in [0.25, 0.3) is 0 Å². The Balaban J connectivity index is 3.74. The molecule has 0 aromatic heterocycles. The summed E-state index contributed by atoms with van der Waals surface area (Å²) in [6.07, 6.45) is -0.262. The Bertz CT molecular complexity index is 185. The first kappa shape index (κ1) is 16.9. The van der Waals surface area contributed by atoms with E-state index in [0.29, 0.717) is 17.9 Å². The highest BCUT2D eigenvalue weighted by Crippen LogP contribution is 2.24. The van der Waals surface area contributed by atoms with Gasteiger partial charge in [0.25, 0.3) is 0 Å². The second-order valence-electron chi connectivity index (χ2n) is 6.06. The van der Waals surface area contributed by atoms with Crippen LogP contribution in [0, 0.1) is 11.3 Å². The van der Waals surface area contributed by atoms with Crippen molar-refractivity contribution in [3.8, 4) is 0 Å². The molecule has 2 N–H and O–H groups in total. The molecule has 0 aromatic rings. The molecule has 2 atom stereocenters. The third-order valence-electron chi connectivity index (χ3n) is 3.67. The number of nitrogens with one attached hydrogen (secondary N) is 1. The van der Waals surface area contributed by atoms with E-state index in [-0.39, 0.29) is 6.10 Å². The summed E-state index contributed by atoms with van der Waals surface area (Å²) in [6, 6.07) is 0. The lowest BCUT2D eigenvalue weighted by molar-refractivity contribution is 0.113. The number of nitrogens with zero attached hydrogens (tertiary/aromatic N) is 1. The van der Waals surface area contributed by atoms with E-state index in [1.165, 1.54) is 0 Å². The van der Waals surface area contributed by atoms with E-state index >= 15 is 0 Å². The number of likely N-dealkylation sites (N-methyl/N-ethyl adjacent to an activating group) is 1. The van der Waals surface area contributed by atoms with Gasteiger partial charge in [-0.2, -0.15) is 0 Å². The second-order valence-corrected chi connectivity index (χ2v) is 6.06. The van der Waals surface area contributed by atoms with Crippen molar-refractivity contribution in [2.24, 2.45) is 11.3 Å². The van der Waals surface area contributed by atoms with Gasteiger partial charge in [0.1, 0.15) is 0 Å². The zero-order chi connectivity index (χ0) is 13.5. The Morgan fingerprint density at radius 2 is 1.65 bits per heavy atom. The van der Waals surface area contributed by atoms with Gasteiger partial charge in [0, 0.05) is 13.1 Å². The van der Waals surface area contributed by atoms with Crippen molar-refractivity contribution >= 4 is 0 Å². The monoisotopic (exact) mass is 244 g/mol. The standard InChI is InChI=1S/C14H32N2O/c1-7-16(8-2)11-13(17)10-15-9-12(3)14(4,5)6/h12-13,15,17H,7-11H2,1-6H3. The third-order valence-corrected chi connectivity index (χ3v) is 3.67. The molecule has 3 heteroatoms. The highest BCUT2D eigenvalue weighted by Gasteiger charge is 2.19. The Morgan fingerprint density at radius 3 is 2.06 bits per heavy atom. The van der Waals surface area contributed by atoms with Crippen LogP contribution in [0.1, 0.15) is 41.5 Å². The molecule has 0 heterocycles. The van der Waals surface area contributed by atoms with Gasteiger partial charge in [0.05, 0.1) is 6.10 Å². The first-order chi connectivity index (χ1) is 7.81. The SMILES string of the molecule is CCN(CC)CC(O)CNCC(C)C(C)(C)C. The van der Waals surface area contributed by atoms with E-state index in [1.54, 1.807) is 0 Å². The van der Waals surface area contributed by atoms with E-state index in [1.807, 2.05) is 0 Å². The van der Waals surface area contributed by atoms with Crippen molar-refractivity contribution in [1.82, 2.24) is 10.2 Å². The maximum absolute atomic E-state index is 9.89. The van der Waals surface area contributed by atoms with E-state index in [2.05, 4.69) is 51.8 Å². The summed E-state index contributed by atoms with van der Waals surface area (Å²) in [5.74, 6) is 0.614. The second kappa shape index (κ2) is 8.06. The van der Waals surface area contributed by atoms with Gasteiger partial charge in [-0.3, -0.25) is 0 Å². The van der Waals surface area contributed by atoms with E-state index < -0.39 is 0 Å². The number of aliphatic hydroxyl groups excluding tert-OH is 1. The summed E-state index contributed by atoms with van der Waals surface area (Å²) in [4.78, 5) is 2.25. The lowest BCUT2D eigenvalue weighted by Gasteiger charge is -2.28. The molecule has 0 spiro atoms. The van der Waals surface area contributed by atoms with Crippen LogP contribution >= 0.6 is 0 Å². The molecule has 0 saturated carbocycles. The van der Waals surface area contributed by atoms with Gasteiger partial charge in [-0.15, -0.1) is 0 Å². The molecule has 0 aliphatic carbocycles. The predicted octanol–water partition coefficient (Wildman–Crippen LogP) is 1.96. The normalized spacial score (nSPS) is 16.2. The summed E-state index contributed by atoms with van der Waals surface area (Å²) in [5.41, 5.74) is 0.330. The van der Waals surface area contributed by atoms with E-state index in [0.717, 1.165) is 26.2 Å². The van der Waals surface area contributed by atoms with Crippen LogP contribution in [0.3, 0.4) is 0 Å². The van der Waals surface area contributed by atoms with Gasteiger partial charge in [-0.05, 0) is 31.0 Å². The minimum atomic E-state index is -0.262. The van der Waals surface area contributed by atoms with Crippen molar-refractivity contribution in [3.05, 3.63) is 0 Å². The molecule has 17 heavy (non-hydrogen) atoms. The molecule has 0 radical (unpaired) electrons. The lowest BCUT2D eigenvalue weighted by Crippen LogP contribution is -2.40. The van der Waals surface area contributed by atoms with Crippen LogP contribution in [0.15, 0.2) is 0 Å². The zero-order valence-corrected chi connectivity index (χ0v) is 12.6. The van der Waals surface area contributed by atoms with Crippen molar-refractivity contribution < 1.29 is 5.11 Å². The summed E-state index contributed by atoms with van der Waals surface area (Å²) in [6.45, 7) is 17.7. The minimum Gasteiger partial charge on any atom is -0.390 e. The maximum atomic E-state index is 9.89. The molecular formula is C14H32N2O. The number of hydrogen-bond acceptors (Lipinski definition) is 3. The topological polar surface area (TPSA) is 35.5 Å². The van der Waals surface area contributed by atoms with Crippen LogP contribution in [0.4, 0.5) is 0 Å². The molecule has 0 saturated heterocycles. The Labute approximate surface area is 108 Å². The van der Waals surface area contributed by atoms with Crippen molar-refractivity contribution in [3.63, 3.8) is 0 Å². The summed E-state index contributed by atoms with van der Waals surface area (Å²) >= 11 is 0. The molecule has 0 fully saturated rings. The molecule has 3 nitrogen and oxygen atoms in total. The number of aliphatic hydroxyl groups is 1. The van der Waals surface area contributed by atoms with Gasteiger partial charge in [-0.1, -0.05) is 41.5 Å². The van der Waals surface area contributed by atoms with E-state index in [4.69, 9.17) is 0 Å². The first-order valence-electron chi connectivity index (χ1n) is 6.92. The van der Waals surface area contributed by atoms with Crippen LogP contribution in [0.5, 0.6) is 0 Å².